The number of halogens is 2. The van der Waals surface area contributed by atoms with Crippen LogP contribution in [0.5, 0.6) is 0 Å². The molecule has 2 heterocycles. The molecular formula is C21H19F2N5O2. The molecule has 0 aliphatic carbocycles. The number of nitrogens with zero attached hydrogens (tertiary/aromatic N) is 4. The van der Waals surface area contributed by atoms with Gasteiger partial charge in [-0.2, -0.15) is 5.90 Å². The van der Waals surface area contributed by atoms with Crippen LogP contribution >= 0.6 is 0 Å². The maximum Gasteiger partial charge on any atom is 0.267 e. The minimum atomic E-state index is -0.489. The van der Waals surface area contributed by atoms with E-state index in [0.717, 1.165) is 6.42 Å². The van der Waals surface area contributed by atoms with Gasteiger partial charge in [-0.15, -0.1) is 5.10 Å². The predicted molar refractivity (Wildman–Crippen MR) is 106 cm³/mol. The van der Waals surface area contributed by atoms with Crippen molar-refractivity contribution in [1.82, 2.24) is 15.0 Å². The fourth-order valence-electron chi connectivity index (χ4n) is 3.34. The van der Waals surface area contributed by atoms with Crippen molar-refractivity contribution in [3.05, 3.63) is 83.7 Å². The van der Waals surface area contributed by atoms with Crippen molar-refractivity contribution in [2.45, 2.75) is 18.9 Å². The second-order valence-corrected chi connectivity index (χ2v) is 6.65. The van der Waals surface area contributed by atoms with Gasteiger partial charge in [0.1, 0.15) is 29.1 Å². The molecule has 1 unspecified atom stereocenters. The summed E-state index contributed by atoms with van der Waals surface area (Å²) in [6, 6.07) is 12.2. The van der Waals surface area contributed by atoms with Crippen molar-refractivity contribution in [3.63, 3.8) is 0 Å². The number of para-hydroxylation sites is 1. The first-order valence-electron chi connectivity index (χ1n) is 9.32. The van der Waals surface area contributed by atoms with Crippen LogP contribution in [0.1, 0.15) is 35.9 Å². The molecule has 0 radical (unpaired) electrons. The Labute approximate surface area is 171 Å². The molecule has 1 aromatic heterocycles. The summed E-state index contributed by atoms with van der Waals surface area (Å²) in [7, 11) is 0. The highest BCUT2D eigenvalue weighted by Crippen LogP contribution is 2.33. The Balaban J connectivity index is 1.82. The molecule has 9 heteroatoms. The second kappa shape index (κ2) is 8.52. The van der Waals surface area contributed by atoms with Crippen LogP contribution in [0.25, 0.3) is 11.4 Å². The molecule has 0 spiro atoms. The van der Waals surface area contributed by atoms with Gasteiger partial charge < -0.3 is 9.57 Å². The third-order valence-electron chi connectivity index (χ3n) is 4.76. The van der Waals surface area contributed by atoms with Crippen LogP contribution in [0.2, 0.25) is 0 Å². The molecule has 0 bridgehead atoms. The van der Waals surface area contributed by atoms with Crippen LogP contribution in [0.4, 0.5) is 8.78 Å². The summed E-state index contributed by atoms with van der Waals surface area (Å²) < 4.78 is 35.7. The maximum absolute atomic E-state index is 14.4. The summed E-state index contributed by atoms with van der Waals surface area (Å²) in [6.07, 6.45) is 1.10. The van der Waals surface area contributed by atoms with Gasteiger partial charge in [-0.3, -0.25) is 0 Å². The van der Waals surface area contributed by atoms with Crippen LogP contribution in [0.15, 0.2) is 60.1 Å². The van der Waals surface area contributed by atoms with Gasteiger partial charge in [-0.25, -0.2) is 18.5 Å². The van der Waals surface area contributed by atoms with Crippen LogP contribution in [-0.4, -0.2) is 27.5 Å². The molecule has 1 fully saturated rings. The Bertz CT molecular complexity index is 1110. The van der Waals surface area contributed by atoms with Crippen molar-refractivity contribution in [3.8, 4) is 5.69 Å². The highest BCUT2D eigenvalue weighted by Gasteiger charge is 2.31. The smallest absolute Gasteiger partial charge is 0.267 e. The molecule has 2 aromatic carbocycles. The minimum absolute atomic E-state index is 0.0901. The molecule has 0 saturated carbocycles. The van der Waals surface area contributed by atoms with Crippen molar-refractivity contribution in [1.29, 1.82) is 0 Å². The van der Waals surface area contributed by atoms with Gasteiger partial charge in [-0.1, -0.05) is 36.1 Å². The van der Waals surface area contributed by atoms with Crippen molar-refractivity contribution in [2.75, 3.05) is 6.61 Å². The number of nitrogens with two attached hydrogens (primary N) is 1. The Morgan fingerprint density at radius 1 is 1.17 bits per heavy atom. The number of hydrogen-bond donors (Lipinski definition) is 1. The molecule has 1 aliphatic heterocycles. The number of aliphatic imine (C=N–C) groups is 1. The zero-order chi connectivity index (χ0) is 21.1. The quantitative estimate of drug-likeness (QED) is 0.393. The van der Waals surface area contributed by atoms with Gasteiger partial charge in [0.05, 0.1) is 5.70 Å². The lowest BCUT2D eigenvalue weighted by atomic mass is 10.1. The molecule has 7 nitrogen and oxygen atoms in total. The predicted octanol–water partition coefficient (Wildman–Crippen LogP) is 3.70. The first-order chi connectivity index (χ1) is 14.6. The van der Waals surface area contributed by atoms with E-state index in [9.17, 15) is 8.78 Å². The lowest BCUT2D eigenvalue weighted by Crippen LogP contribution is -2.18. The molecule has 0 amide bonds. The molecule has 4 rings (SSSR count). The van der Waals surface area contributed by atoms with Gasteiger partial charge in [0.25, 0.3) is 5.90 Å². The highest BCUT2D eigenvalue weighted by atomic mass is 19.1. The van der Waals surface area contributed by atoms with E-state index in [1.165, 1.54) is 22.9 Å². The summed E-state index contributed by atoms with van der Waals surface area (Å²) >= 11 is 0. The van der Waals surface area contributed by atoms with E-state index < -0.39 is 17.7 Å². The van der Waals surface area contributed by atoms with Gasteiger partial charge >= 0.3 is 0 Å². The molecule has 1 saturated heterocycles. The fourth-order valence-corrected chi connectivity index (χ4v) is 3.34. The topological polar surface area (TPSA) is 87.5 Å². The number of benzene rings is 2. The first-order valence-corrected chi connectivity index (χ1v) is 9.32. The van der Waals surface area contributed by atoms with Crippen LogP contribution in [-0.2, 0) is 9.57 Å². The van der Waals surface area contributed by atoms with Gasteiger partial charge in [0.15, 0.2) is 5.69 Å². The summed E-state index contributed by atoms with van der Waals surface area (Å²) in [5.41, 5.74) is 1.10. The molecule has 3 aromatic rings. The molecule has 2 N–H and O–H groups in total. The zero-order valence-electron chi connectivity index (χ0n) is 16.0. The maximum atomic E-state index is 14.4. The molecule has 30 heavy (non-hydrogen) atoms. The van der Waals surface area contributed by atoms with Crippen molar-refractivity contribution in [2.24, 2.45) is 10.9 Å². The average molecular weight is 411 g/mol. The normalized spacial score (nSPS) is 16.6. The minimum Gasteiger partial charge on any atom is -0.389 e. The van der Waals surface area contributed by atoms with Crippen molar-refractivity contribution < 1.29 is 18.4 Å². The van der Waals surface area contributed by atoms with E-state index >= 15 is 0 Å². The molecule has 1 atom stereocenters. The van der Waals surface area contributed by atoms with E-state index in [0.29, 0.717) is 18.7 Å². The van der Waals surface area contributed by atoms with Crippen LogP contribution < -0.4 is 5.90 Å². The Morgan fingerprint density at radius 2 is 1.90 bits per heavy atom. The largest absolute Gasteiger partial charge is 0.389 e. The lowest BCUT2D eigenvalue weighted by Gasteiger charge is -2.14. The van der Waals surface area contributed by atoms with Crippen LogP contribution in [0, 0.1) is 11.6 Å². The third kappa shape index (κ3) is 3.72. The van der Waals surface area contributed by atoms with Crippen molar-refractivity contribution >= 4 is 11.6 Å². The highest BCUT2D eigenvalue weighted by molar-refractivity contribution is 5.96. The second-order valence-electron chi connectivity index (χ2n) is 6.65. The van der Waals surface area contributed by atoms with Crippen LogP contribution in [0.3, 0.4) is 0 Å². The molecule has 1 aliphatic rings. The van der Waals surface area contributed by atoms with E-state index in [-0.39, 0.29) is 28.5 Å². The third-order valence-corrected chi connectivity index (χ3v) is 4.76. The number of ether oxygens (including phenoxy) is 1. The number of aromatic nitrogens is 3. The lowest BCUT2D eigenvalue weighted by molar-refractivity contribution is 0.106. The SMILES string of the molecule is C=C(N=C(ON)c1nnn(-c2ccccc2F)c1C1CCCO1)c1ccccc1F. The molecule has 154 valence electrons. The summed E-state index contributed by atoms with van der Waals surface area (Å²) in [5, 5.41) is 8.20. The fraction of sp³-hybridized carbons (Fsp3) is 0.190. The van der Waals surface area contributed by atoms with E-state index in [2.05, 4.69) is 21.9 Å². The van der Waals surface area contributed by atoms with E-state index in [1.54, 1.807) is 30.3 Å². The Hall–Kier alpha value is -3.43. The average Bonchev–Trinajstić information content (AvgIpc) is 3.42. The summed E-state index contributed by atoms with van der Waals surface area (Å²) in [4.78, 5) is 9.18. The zero-order valence-corrected chi connectivity index (χ0v) is 16.0. The van der Waals surface area contributed by atoms with Gasteiger partial charge in [-0.05, 0) is 37.1 Å². The number of rotatable bonds is 5. The monoisotopic (exact) mass is 411 g/mol. The summed E-state index contributed by atoms with van der Waals surface area (Å²) in [6.45, 7) is 4.34. The Morgan fingerprint density at radius 3 is 2.57 bits per heavy atom. The van der Waals surface area contributed by atoms with E-state index in [4.69, 9.17) is 15.5 Å². The van der Waals surface area contributed by atoms with Gasteiger partial charge in [0.2, 0.25) is 0 Å². The summed E-state index contributed by atoms with van der Waals surface area (Å²) in [5.74, 6) is 4.36. The first kappa shape index (κ1) is 19.9. The number of hydrogen-bond acceptors (Lipinski definition) is 6. The Kier molecular flexibility index (Phi) is 5.64. The standard InChI is InChI=1S/C21H19F2N5O2/c1-13(14-7-2-3-8-15(14)22)25-21(30-24)19-20(18-11-6-12-29-18)28(27-26-19)17-10-5-4-9-16(17)23/h2-5,7-10,18H,1,6,11-12,24H2. The van der Waals surface area contributed by atoms with Gasteiger partial charge in [0, 0.05) is 12.2 Å². The molecular weight excluding hydrogens is 392 g/mol. The van der Waals surface area contributed by atoms with E-state index in [1.807, 2.05) is 0 Å².